The van der Waals surface area contributed by atoms with Gasteiger partial charge in [0.1, 0.15) is 0 Å². The highest BCUT2D eigenvalue weighted by atomic mass is 15.0. The molecule has 1 unspecified atom stereocenters. The average Bonchev–Trinajstić information content (AvgIpc) is 2.83. The molecule has 0 bridgehead atoms. The molecule has 0 saturated carbocycles. The third-order valence-corrected chi connectivity index (χ3v) is 3.25. The van der Waals surface area contributed by atoms with Crippen LogP contribution in [0.2, 0.25) is 0 Å². The minimum Gasteiger partial charge on any atom is -0.340 e. The van der Waals surface area contributed by atoms with Gasteiger partial charge < -0.3 is 9.88 Å². The van der Waals surface area contributed by atoms with Gasteiger partial charge in [-0.1, -0.05) is 44.5 Å². The van der Waals surface area contributed by atoms with Crippen LogP contribution in [0.1, 0.15) is 43.1 Å². The molecule has 0 amide bonds. The topological polar surface area (TPSA) is 29.9 Å². The van der Waals surface area contributed by atoms with Gasteiger partial charge >= 0.3 is 0 Å². The van der Waals surface area contributed by atoms with E-state index in [0.717, 1.165) is 18.7 Å². The lowest BCUT2D eigenvalue weighted by molar-refractivity contribution is 0.617. The zero-order valence-corrected chi connectivity index (χ0v) is 12.1. The van der Waals surface area contributed by atoms with Gasteiger partial charge in [-0.25, -0.2) is 4.98 Å². The highest BCUT2D eigenvalue weighted by molar-refractivity contribution is 5.31. The summed E-state index contributed by atoms with van der Waals surface area (Å²) in [4.78, 5) is 4.49. The zero-order valence-electron chi connectivity index (χ0n) is 12.1. The Balaban J connectivity index is 2.30. The number of benzene rings is 1. The van der Waals surface area contributed by atoms with Gasteiger partial charge in [-0.15, -0.1) is 0 Å². The molecule has 0 fully saturated rings. The van der Waals surface area contributed by atoms with E-state index in [1.165, 1.54) is 17.5 Å². The fourth-order valence-corrected chi connectivity index (χ4v) is 2.40. The number of nitrogens with one attached hydrogen (secondary N) is 1. The molecule has 102 valence electrons. The second-order valence-electron chi connectivity index (χ2n) is 4.95. The molecule has 1 N–H and O–H groups in total. The Bertz CT molecular complexity index is 516. The van der Waals surface area contributed by atoms with Gasteiger partial charge in [-0.2, -0.15) is 0 Å². The number of aryl methyl sites for hydroxylation is 2. The van der Waals surface area contributed by atoms with Gasteiger partial charge in [0.15, 0.2) is 0 Å². The van der Waals surface area contributed by atoms with Crippen LogP contribution in [0, 0.1) is 0 Å². The van der Waals surface area contributed by atoms with Crippen molar-refractivity contribution in [2.75, 3.05) is 6.54 Å². The molecule has 3 nitrogen and oxygen atoms in total. The number of aromatic nitrogens is 2. The standard InChI is InChI=1S/C16H23N3/c1-4-7-13-8-6-9-14(10-13)16(17-5-2)15-11-19(3)12-18-15/h6,8-12,16-17H,4-5,7H2,1-3H3. The summed E-state index contributed by atoms with van der Waals surface area (Å²) < 4.78 is 2.00. The van der Waals surface area contributed by atoms with Crippen molar-refractivity contribution >= 4 is 0 Å². The molecular weight excluding hydrogens is 234 g/mol. The molecule has 19 heavy (non-hydrogen) atoms. The molecule has 0 saturated heterocycles. The number of imidazole rings is 1. The quantitative estimate of drug-likeness (QED) is 0.862. The van der Waals surface area contributed by atoms with Crippen LogP contribution in [-0.2, 0) is 13.5 Å². The first-order valence-corrected chi connectivity index (χ1v) is 7.04. The van der Waals surface area contributed by atoms with Crippen molar-refractivity contribution in [3.63, 3.8) is 0 Å². The molecule has 0 spiro atoms. The van der Waals surface area contributed by atoms with Crippen LogP contribution < -0.4 is 5.32 Å². The van der Waals surface area contributed by atoms with Gasteiger partial charge in [0, 0.05) is 13.2 Å². The fraction of sp³-hybridized carbons (Fsp3) is 0.438. The molecule has 1 heterocycles. The third-order valence-electron chi connectivity index (χ3n) is 3.25. The lowest BCUT2D eigenvalue weighted by Crippen LogP contribution is -2.22. The summed E-state index contributed by atoms with van der Waals surface area (Å²) in [6, 6.07) is 9.01. The zero-order chi connectivity index (χ0) is 13.7. The number of hydrogen-bond donors (Lipinski definition) is 1. The van der Waals surface area contributed by atoms with Gasteiger partial charge in [0.25, 0.3) is 0 Å². The molecule has 0 radical (unpaired) electrons. The van der Waals surface area contributed by atoms with Gasteiger partial charge in [0.05, 0.1) is 18.1 Å². The molecule has 1 aromatic carbocycles. The maximum Gasteiger partial charge on any atom is 0.0947 e. The van der Waals surface area contributed by atoms with E-state index in [4.69, 9.17) is 0 Å². The van der Waals surface area contributed by atoms with Crippen LogP contribution in [0.3, 0.4) is 0 Å². The van der Waals surface area contributed by atoms with Crippen molar-refractivity contribution in [3.05, 3.63) is 53.6 Å². The predicted molar refractivity (Wildman–Crippen MR) is 79.2 cm³/mol. The summed E-state index contributed by atoms with van der Waals surface area (Å²) in [5.41, 5.74) is 3.78. The Labute approximate surface area is 115 Å². The summed E-state index contributed by atoms with van der Waals surface area (Å²) in [6.45, 7) is 5.28. The molecule has 0 aliphatic rings. The summed E-state index contributed by atoms with van der Waals surface area (Å²) in [6.07, 6.45) is 6.25. The maximum absolute atomic E-state index is 4.49. The van der Waals surface area contributed by atoms with Crippen LogP contribution in [0.4, 0.5) is 0 Å². The first kappa shape index (κ1) is 13.8. The second kappa shape index (κ2) is 6.53. The SMILES string of the molecule is CCCc1cccc(C(NCC)c2cn(C)cn2)c1. The smallest absolute Gasteiger partial charge is 0.0947 e. The molecule has 2 aromatic rings. The van der Waals surface area contributed by atoms with Crippen LogP contribution in [-0.4, -0.2) is 16.1 Å². The molecule has 1 aromatic heterocycles. The monoisotopic (exact) mass is 257 g/mol. The van der Waals surface area contributed by atoms with Crippen molar-refractivity contribution in [1.82, 2.24) is 14.9 Å². The van der Waals surface area contributed by atoms with Crippen LogP contribution >= 0.6 is 0 Å². The number of rotatable bonds is 6. The van der Waals surface area contributed by atoms with Crippen molar-refractivity contribution in [1.29, 1.82) is 0 Å². The molecule has 2 rings (SSSR count). The van der Waals surface area contributed by atoms with Crippen molar-refractivity contribution < 1.29 is 0 Å². The predicted octanol–water partition coefficient (Wildman–Crippen LogP) is 3.07. The number of hydrogen-bond acceptors (Lipinski definition) is 2. The summed E-state index contributed by atoms with van der Waals surface area (Å²) in [5.74, 6) is 0. The Hall–Kier alpha value is -1.61. The van der Waals surface area contributed by atoms with E-state index < -0.39 is 0 Å². The maximum atomic E-state index is 4.49. The Kier molecular flexibility index (Phi) is 4.74. The molecule has 3 heteroatoms. The van der Waals surface area contributed by atoms with E-state index >= 15 is 0 Å². The highest BCUT2D eigenvalue weighted by Gasteiger charge is 2.15. The second-order valence-corrected chi connectivity index (χ2v) is 4.95. The third kappa shape index (κ3) is 3.44. The first-order valence-electron chi connectivity index (χ1n) is 7.04. The van der Waals surface area contributed by atoms with Crippen molar-refractivity contribution in [3.8, 4) is 0 Å². The minimum atomic E-state index is 0.183. The van der Waals surface area contributed by atoms with Crippen LogP contribution in [0.15, 0.2) is 36.8 Å². The first-order chi connectivity index (χ1) is 9.24. The van der Waals surface area contributed by atoms with E-state index in [0.29, 0.717) is 0 Å². The van der Waals surface area contributed by atoms with E-state index in [2.05, 4.69) is 54.6 Å². The van der Waals surface area contributed by atoms with E-state index in [9.17, 15) is 0 Å². The molecular formula is C16H23N3. The van der Waals surface area contributed by atoms with Crippen molar-refractivity contribution in [2.24, 2.45) is 7.05 Å². The highest BCUT2D eigenvalue weighted by Crippen LogP contribution is 2.21. The van der Waals surface area contributed by atoms with E-state index in [1.807, 2.05) is 17.9 Å². The summed E-state index contributed by atoms with van der Waals surface area (Å²) in [5, 5.41) is 3.52. The van der Waals surface area contributed by atoms with Crippen molar-refractivity contribution in [2.45, 2.75) is 32.7 Å². The number of nitrogens with zero attached hydrogens (tertiary/aromatic N) is 2. The summed E-state index contributed by atoms with van der Waals surface area (Å²) >= 11 is 0. The van der Waals surface area contributed by atoms with Gasteiger partial charge in [-0.05, 0) is 24.1 Å². The van der Waals surface area contributed by atoms with Crippen LogP contribution in [0.25, 0.3) is 0 Å². The molecule has 0 aliphatic heterocycles. The average molecular weight is 257 g/mol. The van der Waals surface area contributed by atoms with Gasteiger partial charge in [-0.3, -0.25) is 0 Å². The van der Waals surface area contributed by atoms with E-state index in [-0.39, 0.29) is 6.04 Å². The Morgan fingerprint density at radius 1 is 1.32 bits per heavy atom. The normalized spacial score (nSPS) is 12.6. The molecule has 1 atom stereocenters. The van der Waals surface area contributed by atoms with Gasteiger partial charge in [0.2, 0.25) is 0 Å². The Morgan fingerprint density at radius 2 is 2.16 bits per heavy atom. The lowest BCUT2D eigenvalue weighted by atomic mass is 10.00. The fourth-order valence-electron chi connectivity index (χ4n) is 2.40. The lowest BCUT2D eigenvalue weighted by Gasteiger charge is -2.17. The van der Waals surface area contributed by atoms with Crippen LogP contribution in [0.5, 0.6) is 0 Å². The minimum absolute atomic E-state index is 0.183. The summed E-state index contributed by atoms with van der Waals surface area (Å²) in [7, 11) is 2.01. The molecule has 0 aliphatic carbocycles. The largest absolute Gasteiger partial charge is 0.340 e. The Morgan fingerprint density at radius 3 is 2.79 bits per heavy atom. The van der Waals surface area contributed by atoms with E-state index in [1.54, 1.807) is 0 Å².